The molecule has 0 aliphatic heterocycles. The zero-order chi connectivity index (χ0) is 22.5. The minimum Gasteiger partial charge on any atom is -0.267 e. The predicted octanol–water partition coefficient (Wildman–Crippen LogP) is 6.33. The van der Waals surface area contributed by atoms with E-state index < -0.39 is 0 Å². The summed E-state index contributed by atoms with van der Waals surface area (Å²) in [5, 5.41) is 4.97. The third-order valence-corrected chi connectivity index (χ3v) is 5.43. The molecule has 0 saturated heterocycles. The first-order chi connectivity index (χ1) is 16.3. The lowest BCUT2D eigenvalue weighted by molar-refractivity contribution is 0.0956. The number of carbonyl (C=O) groups is 1. The number of hydrogen-bond donors (Lipinski definition) is 1. The Balaban J connectivity index is 1.37. The van der Waals surface area contributed by atoms with Crippen LogP contribution in [0.3, 0.4) is 0 Å². The Labute approximate surface area is 192 Å². The minimum absolute atomic E-state index is 0.275. The Morgan fingerprint density at radius 3 is 2.03 bits per heavy atom. The van der Waals surface area contributed by atoms with Gasteiger partial charge < -0.3 is 0 Å². The van der Waals surface area contributed by atoms with Crippen LogP contribution in [0.4, 0.5) is 0 Å². The number of pyridine rings is 1. The number of hydrazone groups is 1. The highest BCUT2D eigenvalue weighted by Gasteiger charge is 2.13. The number of aromatic nitrogens is 1. The van der Waals surface area contributed by atoms with Gasteiger partial charge in [0.25, 0.3) is 5.91 Å². The van der Waals surface area contributed by atoms with Gasteiger partial charge in [-0.05, 0) is 28.8 Å². The lowest BCUT2D eigenvalue weighted by Gasteiger charge is -2.09. The van der Waals surface area contributed by atoms with E-state index in [4.69, 9.17) is 4.98 Å². The number of rotatable bonds is 5. The Morgan fingerprint density at radius 1 is 0.697 bits per heavy atom. The summed E-state index contributed by atoms with van der Waals surface area (Å²) in [6.45, 7) is 0. The molecule has 4 aromatic carbocycles. The summed E-state index contributed by atoms with van der Waals surface area (Å²) in [6, 6.07) is 37.5. The van der Waals surface area contributed by atoms with Crippen molar-refractivity contribution >= 4 is 23.0 Å². The van der Waals surface area contributed by atoms with E-state index in [9.17, 15) is 4.79 Å². The average molecular weight is 428 g/mol. The first-order valence-corrected chi connectivity index (χ1v) is 10.7. The number of hydrogen-bond acceptors (Lipinski definition) is 3. The topological polar surface area (TPSA) is 54.4 Å². The number of amides is 1. The van der Waals surface area contributed by atoms with Crippen molar-refractivity contribution < 1.29 is 4.79 Å². The van der Waals surface area contributed by atoms with Crippen LogP contribution in [0.5, 0.6) is 0 Å². The molecule has 33 heavy (non-hydrogen) atoms. The van der Waals surface area contributed by atoms with Gasteiger partial charge in [-0.15, -0.1) is 0 Å². The highest BCUT2D eigenvalue weighted by atomic mass is 16.2. The van der Waals surface area contributed by atoms with Crippen LogP contribution >= 0.6 is 0 Å². The number of nitrogens with one attached hydrogen (secondary N) is 1. The monoisotopic (exact) mass is 427 g/mol. The molecule has 0 spiro atoms. The Morgan fingerprint density at radius 2 is 1.30 bits per heavy atom. The lowest BCUT2D eigenvalue weighted by Crippen LogP contribution is -2.18. The number of para-hydroxylation sites is 1. The molecular formula is C29H21N3O. The third-order valence-electron chi connectivity index (χ3n) is 5.43. The van der Waals surface area contributed by atoms with E-state index in [2.05, 4.69) is 22.7 Å². The molecule has 0 aliphatic rings. The van der Waals surface area contributed by atoms with E-state index >= 15 is 0 Å². The van der Waals surface area contributed by atoms with Crippen LogP contribution in [0, 0.1) is 0 Å². The van der Waals surface area contributed by atoms with Gasteiger partial charge in [-0.25, -0.2) is 10.4 Å². The Bertz CT molecular complexity index is 1430. The molecule has 5 rings (SSSR count). The number of carbonyl (C=O) groups excluding carboxylic acids is 1. The lowest BCUT2D eigenvalue weighted by atomic mass is 10.0. The number of benzene rings is 4. The van der Waals surface area contributed by atoms with Gasteiger partial charge in [0.2, 0.25) is 0 Å². The largest absolute Gasteiger partial charge is 0.272 e. The van der Waals surface area contributed by atoms with Crippen molar-refractivity contribution in [1.82, 2.24) is 10.4 Å². The average Bonchev–Trinajstić information content (AvgIpc) is 2.89. The van der Waals surface area contributed by atoms with Crippen LogP contribution in [0.25, 0.3) is 33.3 Å². The molecule has 1 amide bonds. The van der Waals surface area contributed by atoms with E-state index in [-0.39, 0.29) is 5.91 Å². The molecule has 0 atom stereocenters. The van der Waals surface area contributed by atoms with Gasteiger partial charge in [0.15, 0.2) is 0 Å². The summed E-state index contributed by atoms with van der Waals surface area (Å²) in [5.41, 5.74) is 8.88. The van der Waals surface area contributed by atoms with Crippen molar-refractivity contribution in [3.8, 4) is 22.4 Å². The SMILES string of the molecule is O=C(N/N=C/c1ccc(-c2ccccc2)cc1)c1cc(-c2ccccc2)nc2ccccc12. The van der Waals surface area contributed by atoms with Crippen molar-refractivity contribution in [3.05, 3.63) is 126 Å². The molecule has 0 aliphatic carbocycles. The highest BCUT2D eigenvalue weighted by Crippen LogP contribution is 2.25. The second-order valence-corrected chi connectivity index (χ2v) is 7.63. The molecule has 1 aromatic heterocycles. The maximum absolute atomic E-state index is 13.0. The fraction of sp³-hybridized carbons (Fsp3) is 0. The summed E-state index contributed by atoms with van der Waals surface area (Å²) in [5.74, 6) is -0.275. The molecular weight excluding hydrogens is 406 g/mol. The van der Waals surface area contributed by atoms with Gasteiger partial charge in [-0.1, -0.05) is 103 Å². The predicted molar refractivity (Wildman–Crippen MR) is 134 cm³/mol. The van der Waals surface area contributed by atoms with Gasteiger partial charge in [0, 0.05) is 10.9 Å². The van der Waals surface area contributed by atoms with Gasteiger partial charge >= 0.3 is 0 Å². The van der Waals surface area contributed by atoms with E-state index in [1.54, 1.807) is 6.21 Å². The van der Waals surface area contributed by atoms with E-state index in [1.807, 2.05) is 103 Å². The van der Waals surface area contributed by atoms with Crippen LogP contribution < -0.4 is 5.43 Å². The molecule has 1 heterocycles. The number of fused-ring (bicyclic) bond motifs is 1. The quantitative estimate of drug-likeness (QED) is 0.263. The Hall–Kier alpha value is -4.57. The molecule has 0 saturated carbocycles. The first kappa shape index (κ1) is 20.3. The van der Waals surface area contributed by atoms with Crippen LogP contribution in [0.1, 0.15) is 15.9 Å². The summed E-state index contributed by atoms with van der Waals surface area (Å²) < 4.78 is 0. The summed E-state index contributed by atoms with van der Waals surface area (Å²) >= 11 is 0. The summed E-state index contributed by atoms with van der Waals surface area (Å²) in [6.07, 6.45) is 1.65. The third kappa shape index (κ3) is 4.55. The molecule has 4 heteroatoms. The smallest absolute Gasteiger partial charge is 0.267 e. The van der Waals surface area contributed by atoms with Crippen LogP contribution in [0.15, 0.2) is 120 Å². The minimum atomic E-state index is -0.275. The fourth-order valence-corrected chi connectivity index (χ4v) is 3.74. The van der Waals surface area contributed by atoms with Gasteiger partial charge in [0.1, 0.15) is 0 Å². The van der Waals surface area contributed by atoms with Gasteiger partial charge in [-0.2, -0.15) is 5.10 Å². The molecule has 0 radical (unpaired) electrons. The maximum Gasteiger partial charge on any atom is 0.272 e. The van der Waals surface area contributed by atoms with Crippen molar-refractivity contribution in [3.63, 3.8) is 0 Å². The van der Waals surface area contributed by atoms with Gasteiger partial charge in [0.05, 0.1) is 23.0 Å². The molecule has 0 unspecified atom stereocenters. The van der Waals surface area contributed by atoms with Crippen LogP contribution in [-0.2, 0) is 0 Å². The normalized spacial score (nSPS) is 11.0. The van der Waals surface area contributed by atoms with E-state index in [1.165, 1.54) is 0 Å². The zero-order valence-corrected chi connectivity index (χ0v) is 17.8. The van der Waals surface area contributed by atoms with Gasteiger partial charge in [-0.3, -0.25) is 4.79 Å². The van der Waals surface area contributed by atoms with Crippen molar-refractivity contribution in [2.45, 2.75) is 0 Å². The first-order valence-electron chi connectivity index (χ1n) is 10.7. The summed E-state index contributed by atoms with van der Waals surface area (Å²) in [7, 11) is 0. The fourth-order valence-electron chi connectivity index (χ4n) is 3.74. The molecule has 0 bridgehead atoms. The van der Waals surface area contributed by atoms with E-state index in [0.29, 0.717) is 5.56 Å². The Kier molecular flexibility index (Phi) is 5.72. The second kappa shape index (κ2) is 9.28. The molecule has 4 nitrogen and oxygen atoms in total. The van der Waals surface area contributed by atoms with Crippen LogP contribution in [-0.4, -0.2) is 17.1 Å². The number of nitrogens with zero attached hydrogens (tertiary/aromatic N) is 2. The van der Waals surface area contributed by atoms with E-state index in [0.717, 1.165) is 38.9 Å². The highest BCUT2D eigenvalue weighted by molar-refractivity contribution is 6.07. The standard InChI is InChI=1S/C29H21N3O/c33-29(32-30-20-21-15-17-23(18-16-21)22-9-3-1-4-10-22)26-19-28(24-11-5-2-6-12-24)31-27-14-8-7-13-25(26)27/h1-20H,(H,32,33)/b30-20+. The molecule has 158 valence electrons. The maximum atomic E-state index is 13.0. The zero-order valence-electron chi connectivity index (χ0n) is 17.8. The van der Waals surface area contributed by atoms with Crippen molar-refractivity contribution in [2.24, 2.45) is 5.10 Å². The van der Waals surface area contributed by atoms with Crippen molar-refractivity contribution in [2.75, 3.05) is 0 Å². The molecule has 5 aromatic rings. The summed E-state index contributed by atoms with van der Waals surface area (Å²) in [4.78, 5) is 17.8. The van der Waals surface area contributed by atoms with Crippen LogP contribution in [0.2, 0.25) is 0 Å². The molecule has 0 fully saturated rings. The van der Waals surface area contributed by atoms with Crippen molar-refractivity contribution in [1.29, 1.82) is 0 Å². The molecule has 1 N–H and O–H groups in total. The second-order valence-electron chi connectivity index (χ2n) is 7.63.